The lowest BCUT2D eigenvalue weighted by Crippen LogP contribution is -2.02. The van der Waals surface area contributed by atoms with Crippen LogP contribution in [0.3, 0.4) is 0 Å². The smallest absolute Gasteiger partial charge is 0.328 e. The molecule has 0 bridgehead atoms. The van der Waals surface area contributed by atoms with Crippen molar-refractivity contribution < 1.29 is 15.0 Å². The number of hydrogen-bond donors (Lipinski definition) is 2. The molecule has 3 heteroatoms. The van der Waals surface area contributed by atoms with Crippen molar-refractivity contribution in [3.05, 3.63) is 12.2 Å². The second-order valence-electron chi connectivity index (χ2n) is 2.76. The van der Waals surface area contributed by atoms with Crippen molar-refractivity contribution in [2.45, 2.75) is 38.7 Å². The van der Waals surface area contributed by atoms with Gasteiger partial charge in [-0.1, -0.05) is 26.2 Å². The number of hydrogen-bond acceptors (Lipinski definition) is 2. The lowest BCUT2D eigenvalue weighted by Gasteiger charge is -2.02. The molecule has 1 atom stereocenters. The first-order valence-electron chi connectivity index (χ1n) is 4.26. The first-order chi connectivity index (χ1) is 5.66. The van der Waals surface area contributed by atoms with Gasteiger partial charge in [-0.3, -0.25) is 0 Å². The maximum absolute atomic E-state index is 10.0. The van der Waals surface area contributed by atoms with E-state index < -0.39 is 12.1 Å². The third kappa shape index (κ3) is 7.28. The Hall–Kier alpha value is -0.830. The van der Waals surface area contributed by atoms with E-state index in [9.17, 15) is 9.90 Å². The summed E-state index contributed by atoms with van der Waals surface area (Å²) in [4.78, 5) is 10.0. The second-order valence-corrected chi connectivity index (χ2v) is 2.76. The van der Waals surface area contributed by atoms with E-state index in [1.54, 1.807) is 0 Å². The normalized spacial score (nSPS) is 13.5. The standard InChI is InChI=1S/C9H16O3/c1-2-3-4-5-8(10)6-7-9(11)12/h6-8,10H,2-5H2,1H3,(H,11,12)/t8-/m1/s1. The highest BCUT2D eigenvalue weighted by Crippen LogP contribution is 2.03. The van der Waals surface area contributed by atoms with Gasteiger partial charge in [-0.15, -0.1) is 0 Å². The summed E-state index contributed by atoms with van der Waals surface area (Å²) in [5, 5.41) is 17.4. The number of rotatable bonds is 6. The Morgan fingerprint density at radius 2 is 2.17 bits per heavy atom. The Labute approximate surface area is 72.7 Å². The van der Waals surface area contributed by atoms with E-state index in [1.165, 1.54) is 6.08 Å². The molecule has 3 nitrogen and oxygen atoms in total. The fourth-order valence-electron chi connectivity index (χ4n) is 0.893. The molecule has 0 amide bonds. The molecule has 0 aromatic rings. The van der Waals surface area contributed by atoms with Crippen LogP contribution >= 0.6 is 0 Å². The van der Waals surface area contributed by atoms with Gasteiger partial charge in [0.25, 0.3) is 0 Å². The lowest BCUT2D eigenvalue weighted by molar-refractivity contribution is -0.131. The lowest BCUT2D eigenvalue weighted by atomic mass is 10.1. The van der Waals surface area contributed by atoms with Crippen LogP contribution in [-0.4, -0.2) is 22.3 Å². The van der Waals surface area contributed by atoms with Crippen molar-refractivity contribution in [2.24, 2.45) is 0 Å². The minimum atomic E-state index is -1.01. The number of carboxylic acids is 1. The van der Waals surface area contributed by atoms with Gasteiger partial charge in [0, 0.05) is 6.08 Å². The zero-order chi connectivity index (χ0) is 9.40. The monoisotopic (exact) mass is 172 g/mol. The van der Waals surface area contributed by atoms with E-state index in [-0.39, 0.29) is 0 Å². The van der Waals surface area contributed by atoms with Crippen LogP contribution in [0.15, 0.2) is 12.2 Å². The predicted molar refractivity (Wildman–Crippen MR) is 46.9 cm³/mol. The summed E-state index contributed by atoms with van der Waals surface area (Å²) >= 11 is 0. The molecule has 0 saturated carbocycles. The highest BCUT2D eigenvalue weighted by Gasteiger charge is 1.98. The zero-order valence-electron chi connectivity index (χ0n) is 7.36. The zero-order valence-corrected chi connectivity index (χ0v) is 7.36. The fourth-order valence-corrected chi connectivity index (χ4v) is 0.893. The van der Waals surface area contributed by atoms with Crippen LogP contribution in [0.4, 0.5) is 0 Å². The molecule has 0 aromatic carbocycles. The average Bonchev–Trinajstić information content (AvgIpc) is 2.01. The third-order valence-corrected chi connectivity index (χ3v) is 1.56. The molecule has 0 rings (SSSR count). The summed E-state index contributed by atoms with van der Waals surface area (Å²) in [6.45, 7) is 2.08. The number of aliphatic hydroxyl groups is 1. The summed E-state index contributed by atoms with van der Waals surface area (Å²) in [6, 6.07) is 0. The van der Waals surface area contributed by atoms with E-state index in [0.29, 0.717) is 6.42 Å². The van der Waals surface area contributed by atoms with E-state index >= 15 is 0 Å². The maximum Gasteiger partial charge on any atom is 0.328 e. The summed E-state index contributed by atoms with van der Waals surface area (Å²) in [7, 11) is 0. The highest BCUT2D eigenvalue weighted by molar-refractivity contribution is 5.79. The molecule has 0 radical (unpaired) electrons. The Kier molecular flexibility index (Phi) is 6.38. The third-order valence-electron chi connectivity index (χ3n) is 1.56. The van der Waals surface area contributed by atoms with Gasteiger partial charge < -0.3 is 10.2 Å². The molecule has 0 heterocycles. The van der Waals surface area contributed by atoms with Gasteiger partial charge in [0.15, 0.2) is 0 Å². The van der Waals surface area contributed by atoms with Gasteiger partial charge in [-0.25, -0.2) is 4.79 Å². The summed E-state index contributed by atoms with van der Waals surface area (Å²) in [6.07, 6.45) is 5.48. The molecule has 0 spiro atoms. The van der Waals surface area contributed by atoms with Gasteiger partial charge in [0.05, 0.1) is 6.10 Å². The van der Waals surface area contributed by atoms with Crippen molar-refractivity contribution in [1.29, 1.82) is 0 Å². The van der Waals surface area contributed by atoms with E-state index in [1.807, 2.05) is 0 Å². The van der Waals surface area contributed by atoms with Gasteiger partial charge in [0.2, 0.25) is 0 Å². The van der Waals surface area contributed by atoms with Gasteiger partial charge in [-0.05, 0) is 12.5 Å². The minimum Gasteiger partial charge on any atom is -0.478 e. The summed E-state index contributed by atoms with van der Waals surface area (Å²) in [5.74, 6) is -1.01. The van der Waals surface area contributed by atoms with E-state index in [0.717, 1.165) is 25.3 Å². The largest absolute Gasteiger partial charge is 0.478 e. The van der Waals surface area contributed by atoms with Crippen LogP contribution in [0.5, 0.6) is 0 Å². The van der Waals surface area contributed by atoms with Crippen molar-refractivity contribution in [2.75, 3.05) is 0 Å². The molecule has 0 aliphatic heterocycles. The summed E-state index contributed by atoms with van der Waals surface area (Å²) in [5.41, 5.74) is 0. The second kappa shape index (κ2) is 6.85. The summed E-state index contributed by atoms with van der Waals surface area (Å²) < 4.78 is 0. The van der Waals surface area contributed by atoms with Crippen molar-refractivity contribution in [3.8, 4) is 0 Å². The van der Waals surface area contributed by atoms with Crippen LogP contribution in [-0.2, 0) is 4.79 Å². The fraction of sp³-hybridized carbons (Fsp3) is 0.667. The topological polar surface area (TPSA) is 57.5 Å². The van der Waals surface area contributed by atoms with Crippen molar-refractivity contribution >= 4 is 5.97 Å². The van der Waals surface area contributed by atoms with E-state index in [2.05, 4.69) is 6.92 Å². The number of carbonyl (C=O) groups is 1. The van der Waals surface area contributed by atoms with Gasteiger partial charge in [-0.2, -0.15) is 0 Å². The number of aliphatic carboxylic acids is 1. The first-order valence-corrected chi connectivity index (χ1v) is 4.26. The van der Waals surface area contributed by atoms with Crippen molar-refractivity contribution in [1.82, 2.24) is 0 Å². The Morgan fingerprint density at radius 1 is 1.50 bits per heavy atom. The van der Waals surface area contributed by atoms with Crippen LogP contribution in [0.25, 0.3) is 0 Å². The molecule has 0 saturated heterocycles. The predicted octanol–water partition coefficient (Wildman–Crippen LogP) is 1.57. The molecule has 70 valence electrons. The minimum absolute atomic E-state index is 0.604. The Morgan fingerprint density at radius 3 is 2.67 bits per heavy atom. The molecule has 0 fully saturated rings. The SMILES string of the molecule is CCCCC[C@@H](O)C=CC(=O)O. The Bertz CT molecular complexity index is 152. The van der Waals surface area contributed by atoms with Crippen LogP contribution < -0.4 is 0 Å². The molecule has 0 unspecified atom stereocenters. The number of unbranched alkanes of at least 4 members (excludes halogenated alkanes) is 2. The van der Waals surface area contributed by atoms with Gasteiger partial charge >= 0.3 is 5.97 Å². The number of carboxylic acid groups (broad SMARTS) is 1. The maximum atomic E-state index is 10.0. The molecule has 2 N–H and O–H groups in total. The quantitative estimate of drug-likeness (QED) is 0.472. The molecule has 12 heavy (non-hydrogen) atoms. The number of aliphatic hydroxyl groups excluding tert-OH is 1. The molecular formula is C9H16O3. The highest BCUT2D eigenvalue weighted by atomic mass is 16.4. The van der Waals surface area contributed by atoms with Crippen LogP contribution in [0, 0.1) is 0 Å². The van der Waals surface area contributed by atoms with Crippen molar-refractivity contribution in [3.63, 3.8) is 0 Å². The average molecular weight is 172 g/mol. The molecule has 0 aliphatic carbocycles. The first kappa shape index (κ1) is 11.2. The van der Waals surface area contributed by atoms with Crippen LogP contribution in [0.2, 0.25) is 0 Å². The Balaban J connectivity index is 3.45. The van der Waals surface area contributed by atoms with Crippen LogP contribution in [0.1, 0.15) is 32.6 Å². The molecular weight excluding hydrogens is 156 g/mol. The van der Waals surface area contributed by atoms with E-state index in [4.69, 9.17) is 5.11 Å². The molecule has 0 aromatic heterocycles. The molecule has 0 aliphatic rings. The van der Waals surface area contributed by atoms with Gasteiger partial charge in [0.1, 0.15) is 0 Å².